The molecule has 0 radical (unpaired) electrons. The highest BCUT2D eigenvalue weighted by atomic mass is 16.3. The second-order valence-electron chi connectivity index (χ2n) is 3.44. The quantitative estimate of drug-likeness (QED) is 0.715. The highest BCUT2D eigenvalue weighted by Gasteiger charge is 2.21. The van der Waals surface area contributed by atoms with Gasteiger partial charge < -0.3 is 10.2 Å². The van der Waals surface area contributed by atoms with Crippen LogP contribution in [0.4, 0.5) is 0 Å². The van der Waals surface area contributed by atoms with E-state index >= 15 is 0 Å². The first kappa shape index (κ1) is 11.0. The molecule has 0 fully saturated rings. The highest BCUT2D eigenvalue weighted by Crippen LogP contribution is 2.24. The van der Waals surface area contributed by atoms with E-state index < -0.39 is 12.2 Å². The standard InChI is InChI=1S/C12H16O2/c1-3-11(13)9(2)12(14)10-7-5-4-6-8-10/h3-9,11-14H,1H2,2H3/t9-,11-,12-/m0/s1. The number of aliphatic hydroxyl groups excluding tert-OH is 2. The van der Waals surface area contributed by atoms with Crippen LogP contribution in [-0.2, 0) is 0 Å². The first-order chi connectivity index (χ1) is 6.66. The Morgan fingerprint density at radius 2 is 1.79 bits per heavy atom. The third kappa shape index (κ3) is 2.44. The van der Waals surface area contributed by atoms with Gasteiger partial charge in [-0.2, -0.15) is 0 Å². The summed E-state index contributed by atoms with van der Waals surface area (Å²) in [5, 5.41) is 19.4. The molecule has 0 heterocycles. The summed E-state index contributed by atoms with van der Waals surface area (Å²) >= 11 is 0. The lowest BCUT2D eigenvalue weighted by Gasteiger charge is -2.21. The summed E-state index contributed by atoms with van der Waals surface area (Å²) in [6, 6.07) is 9.32. The van der Waals surface area contributed by atoms with Gasteiger partial charge in [-0.25, -0.2) is 0 Å². The molecule has 0 aliphatic heterocycles. The SMILES string of the molecule is C=C[C@H](O)[C@H](C)[C@H](O)c1ccccc1. The molecule has 0 bridgehead atoms. The molecule has 2 N–H and O–H groups in total. The first-order valence-electron chi connectivity index (χ1n) is 4.70. The van der Waals surface area contributed by atoms with Gasteiger partial charge in [0, 0.05) is 5.92 Å². The minimum absolute atomic E-state index is 0.241. The van der Waals surface area contributed by atoms with Crippen molar-refractivity contribution in [2.75, 3.05) is 0 Å². The summed E-state index contributed by atoms with van der Waals surface area (Å²) in [6.07, 6.45) is 0.117. The van der Waals surface area contributed by atoms with E-state index in [0.29, 0.717) is 0 Å². The Balaban J connectivity index is 2.75. The van der Waals surface area contributed by atoms with Crippen LogP contribution < -0.4 is 0 Å². The zero-order chi connectivity index (χ0) is 10.6. The second-order valence-corrected chi connectivity index (χ2v) is 3.44. The Morgan fingerprint density at radius 3 is 2.29 bits per heavy atom. The monoisotopic (exact) mass is 192 g/mol. The van der Waals surface area contributed by atoms with Gasteiger partial charge in [0.05, 0.1) is 12.2 Å². The average molecular weight is 192 g/mol. The van der Waals surface area contributed by atoms with Crippen molar-refractivity contribution in [3.8, 4) is 0 Å². The molecule has 0 spiro atoms. The van der Waals surface area contributed by atoms with Crippen LogP contribution >= 0.6 is 0 Å². The van der Waals surface area contributed by atoms with Crippen molar-refractivity contribution in [3.05, 3.63) is 48.6 Å². The van der Waals surface area contributed by atoms with Gasteiger partial charge in [0.2, 0.25) is 0 Å². The lowest BCUT2D eigenvalue weighted by molar-refractivity contribution is 0.0445. The summed E-state index contributed by atoms with van der Waals surface area (Å²) in [5.41, 5.74) is 0.820. The molecule has 0 aliphatic rings. The molecule has 76 valence electrons. The molecule has 0 saturated heterocycles. The largest absolute Gasteiger partial charge is 0.389 e. The minimum Gasteiger partial charge on any atom is -0.389 e. The summed E-state index contributed by atoms with van der Waals surface area (Å²) < 4.78 is 0. The molecule has 1 aromatic rings. The minimum atomic E-state index is -0.676. The molecule has 3 atom stereocenters. The summed E-state index contributed by atoms with van der Waals surface area (Å²) in [7, 11) is 0. The van der Waals surface area contributed by atoms with E-state index in [9.17, 15) is 10.2 Å². The molecule has 1 aromatic carbocycles. The zero-order valence-electron chi connectivity index (χ0n) is 8.30. The fourth-order valence-electron chi connectivity index (χ4n) is 1.36. The van der Waals surface area contributed by atoms with E-state index in [1.807, 2.05) is 30.3 Å². The Morgan fingerprint density at radius 1 is 1.21 bits per heavy atom. The van der Waals surface area contributed by atoms with E-state index in [0.717, 1.165) is 5.56 Å². The molecular weight excluding hydrogens is 176 g/mol. The molecule has 2 nitrogen and oxygen atoms in total. The van der Waals surface area contributed by atoms with Crippen LogP contribution in [0.15, 0.2) is 43.0 Å². The van der Waals surface area contributed by atoms with Gasteiger partial charge in [-0.05, 0) is 5.56 Å². The second kappa shape index (κ2) is 4.94. The van der Waals surface area contributed by atoms with Crippen LogP contribution in [0, 0.1) is 5.92 Å². The number of benzene rings is 1. The lowest BCUT2D eigenvalue weighted by atomic mass is 9.93. The number of hydrogen-bond acceptors (Lipinski definition) is 2. The van der Waals surface area contributed by atoms with E-state index in [-0.39, 0.29) is 5.92 Å². The Hall–Kier alpha value is -1.12. The molecule has 14 heavy (non-hydrogen) atoms. The van der Waals surface area contributed by atoms with Crippen LogP contribution in [0.5, 0.6) is 0 Å². The maximum absolute atomic E-state index is 9.88. The maximum Gasteiger partial charge on any atom is 0.0843 e. The molecule has 0 saturated carbocycles. The normalized spacial score (nSPS) is 17.1. The van der Waals surface area contributed by atoms with Gasteiger partial charge in [0.1, 0.15) is 0 Å². The van der Waals surface area contributed by atoms with E-state index in [4.69, 9.17) is 0 Å². The lowest BCUT2D eigenvalue weighted by Crippen LogP contribution is -2.21. The third-order valence-electron chi connectivity index (χ3n) is 2.42. The molecule has 0 aliphatic carbocycles. The molecule has 0 unspecified atom stereocenters. The van der Waals surface area contributed by atoms with Gasteiger partial charge in [-0.1, -0.05) is 43.3 Å². The van der Waals surface area contributed by atoms with Crippen LogP contribution in [-0.4, -0.2) is 16.3 Å². The van der Waals surface area contributed by atoms with E-state index in [2.05, 4.69) is 6.58 Å². The predicted molar refractivity (Wildman–Crippen MR) is 56.8 cm³/mol. The van der Waals surface area contributed by atoms with Gasteiger partial charge in [-0.15, -0.1) is 6.58 Å². The van der Waals surface area contributed by atoms with E-state index in [1.54, 1.807) is 6.92 Å². The third-order valence-corrected chi connectivity index (χ3v) is 2.42. The molecule has 0 amide bonds. The van der Waals surface area contributed by atoms with Gasteiger partial charge in [0.25, 0.3) is 0 Å². The molecular formula is C12H16O2. The van der Waals surface area contributed by atoms with Gasteiger partial charge >= 0.3 is 0 Å². The van der Waals surface area contributed by atoms with Crippen LogP contribution in [0.25, 0.3) is 0 Å². The van der Waals surface area contributed by atoms with Crippen molar-refractivity contribution in [3.63, 3.8) is 0 Å². The average Bonchev–Trinajstić information content (AvgIpc) is 2.27. The fraction of sp³-hybridized carbons (Fsp3) is 0.333. The van der Waals surface area contributed by atoms with Crippen molar-refractivity contribution < 1.29 is 10.2 Å². The Labute approximate surface area is 84.5 Å². The van der Waals surface area contributed by atoms with Crippen LogP contribution in [0.3, 0.4) is 0 Å². The molecule has 2 heteroatoms. The Bertz CT molecular complexity index is 282. The molecule has 1 rings (SSSR count). The zero-order valence-corrected chi connectivity index (χ0v) is 8.30. The fourth-order valence-corrected chi connectivity index (χ4v) is 1.36. The Kier molecular flexibility index (Phi) is 3.86. The van der Waals surface area contributed by atoms with Crippen molar-refractivity contribution in [1.82, 2.24) is 0 Å². The van der Waals surface area contributed by atoms with Crippen LogP contribution in [0.1, 0.15) is 18.6 Å². The topological polar surface area (TPSA) is 40.5 Å². The smallest absolute Gasteiger partial charge is 0.0843 e. The number of rotatable bonds is 4. The number of hydrogen-bond donors (Lipinski definition) is 2. The van der Waals surface area contributed by atoms with Crippen molar-refractivity contribution in [2.24, 2.45) is 5.92 Å². The van der Waals surface area contributed by atoms with Gasteiger partial charge in [-0.3, -0.25) is 0 Å². The van der Waals surface area contributed by atoms with Crippen LogP contribution in [0.2, 0.25) is 0 Å². The first-order valence-corrected chi connectivity index (χ1v) is 4.70. The van der Waals surface area contributed by atoms with Crippen molar-refractivity contribution in [2.45, 2.75) is 19.1 Å². The summed E-state index contributed by atoms with van der Waals surface area (Å²) in [5.74, 6) is -0.241. The van der Waals surface area contributed by atoms with Gasteiger partial charge in [0.15, 0.2) is 0 Å². The summed E-state index contributed by atoms with van der Waals surface area (Å²) in [6.45, 7) is 5.29. The predicted octanol–water partition coefficient (Wildman–Crippen LogP) is 1.90. The van der Waals surface area contributed by atoms with E-state index in [1.165, 1.54) is 6.08 Å². The maximum atomic E-state index is 9.88. The number of aliphatic hydroxyl groups is 2. The molecule has 0 aromatic heterocycles. The van der Waals surface area contributed by atoms with Crippen molar-refractivity contribution in [1.29, 1.82) is 0 Å². The summed E-state index contributed by atoms with van der Waals surface area (Å²) in [4.78, 5) is 0. The highest BCUT2D eigenvalue weighted by molar-refractivity contribution is 5.18. The van der Waals surface area contributed by atoms with Crippen molar-refractivity contribution >= 4 is 0 Å².